The number of para-hydroxylation sites is 1. The minimum absolute atomic E-state index is 0.467. The topological polar surface area (TPSA) is 56.2 Å². The summed E-state index contributed by atoms with van der Waals surface area (Å²) in [7, 11) is 0. The van der Waals surface area contributed by atoms with Crippen molar-refractivity contribution in [3.05, 3.63) is 42.2 Å². The molecule has 3 rings (SSSR count). The molecular weight excluding hydrogens is 188 g/mol. The van der Waals surface area contributed by atoms with Gasteiger partial charge in [0.15, 0.2) is 5.65 Å². The zero-order valence-corrected chi connectivity index (χ0v) is 8.09. The number of nitrogens with zero attached hydrogens (tertiary/aromatic N) is 3. The lowest BCUT2D eigenvalue weighted by molar-refractivity contribution is 0.983. The first kappa shape index (κ1) is 8.38. The van der Waals surface area contributed by atoms with Crippen LogP contribution in [0.2, 0.25) is 0 Å². The number of fused-ring (bicyclic) bond motifs is 3. The van der Waals surface area contributed by atoms with Crippen molar-refractivity contribution in [2.45, 2.75) is 6.54 Å². The van der Waals surface area contributed by atoms with Gasteiger partial charge in [-0.05, 0) is 6.07 Å². The molecule has 0 amide bonds. The fourth-order valence-electron chi connectivity index (χ4n) is 1.75. The second kappa shape index (κ2) is 3.03. The van der Waals surface area contributed by atoms with Crippen LogP contribution in [-0.2, 0) is 6.54 Å². The molecule has 74 valence electrons. The molecule has 2 N–H and O–H groups in total. The van der Waals surface area contributed by atoms with Crippen molar-refractivity contribution < 1.29 is 0 Å². The molecule has 0 saturated carbocycles. The summed E-state index contributed by atoms with van der Waals surface area (Å²) in [6.07, 6.45) is 3.63. The van der Waals surface area contributed by atoms with E-state index < -0.39 is 0 Å². The Kier molecular flexibility index (Phi) is 1.69. The molecule has 0 bridgehead atoms. The molecule has 15 heavy (non-hydrogen) atoms. The van der Waals surface area contributed by atoms with Crippen molar-refractivity contribution in [2.24, 2.45) is 5.73 Å². The quantitative estimate of drug-likeness (QED) is 0.642. The van der Waals surface area contributed by atoms with Gasteiger partial charge < -0.3 is 5.73 Å². The summed E-state index contributed by atoms with van der Waals surface area (Å²) in [5.74, 6) is 0. The van der Waals surface area contributed by atoms with Gasteiger partial charge in [-0.25, -0.2) is 9.50 Å². The van der Waals surface area contributed by atoms with Crippen LogP contribution in [0.5, 0.6) is 0 Å². The third-order valence-electron chi connectivity index (χ3n) is 2.53. The molecule has 0 saturated heterocycles. The molecule has 4 heteroatoms. The Hall–Kier alpha value is -1.94. The van der Waals surface area contributed by atoms with E-state index >= 15 is 0 Å². The number of nitrogens with two attached hydrogens (primary N) is 1. The maximum absolute atomic E-state index is 5.61. The molecule has 0 aliphatic heterocycles. The van der Waals surface area contributed by atoms with E-state index in [1.807, 2.05) is 35.0 Å². The lowest BCUT2D eigenvalue weighted by atomic mass is 10.2. The summed E-state index contributed by atoms with van der Waals surface area (Å²) >= 11 is 0. The minimum atomic E-state index is 0.467. The van der Waals surface area contributed by atoms with Crippen molar-refractivity contribution in [2.75, 3.05) is 0 Å². The van der Waals surface area contributed by atoms with Gasteiger partial charge in [0, 0.05) is 23.7 Å². The van der Waals surface area contributed by atoms with E-state index in [9.17, 15) is 0 Å². The van der Waals surface area contributed by atoms with E-state index in [-0.39, 0.29) is 0 Å². The maximum Gasteiger partial charge on any atom is 0.160 e. The molecule has 0 radical (unpaired) electrons. The molecule has 2 heterocycles. The highest BCUT2D eigenvalue weighted by molar-refractivity contribution is 5.80. The van der Waals surface area contributed by atoms with Crippen LogP contribution in [0, 0.1) is 0 Å². The van der Waals surface area contributed by atoms with Gasteiger partial charge in [0.05, 0.1) is 11.7 Å². The third-order valence-corrected chi connectivity index (χ3v) is 2.53. The van der Waals surface area contributed by atoms with Crippen LogP contribution in [0.1, 0.15) is 5.56 Å². The predicted molar refractivity (Wildman–Crippen MR) is 58.4 cm³/mol. The standard InChI is InChI=1S/C11H10N4/c12-5-9-7-14-15-10-4-2-1-3-8(10)6-13-11(9)15/h1-4,6-7H,5,12H2. The van der Waals surface area contributed by atoms with Crippen molar-refractivity contribution >= 4 is 16.6 Å². The van der Waals surface area contributed by atoms with Crippen molar-refractivity contribution in [3.8, 4) is 0 Å². The molecule has 3 aromatic rings. The Morgan fingerprint density at radius 2 is 2.07 bits per heavy atom. The van der Waals surface area contributed by atoms with Gasteiger partial charge in [-0.1, -0.05) is 18.2 Å². The lowest BCUT2D eigenvalue weighted by Gasteiger charge is -2.00. The molecule has 0 atom stereocenters. The maximum atomic E-state index is 5.61. The first-order chi connectivity index (χ1) is 7.40. The number of hydrogen-bond donors (Lipinski definition) is 1. The van der Waals surface area contributed by atoms with Gasteiger partial charge in [-0.2, -0.15) is 5.10 Å². The van der Waals surface area contributed by atoms with Gasteiger partial charge in [0.25, 0.3) is 0 Å². The Morgan fingerprint density at radius 3 is 2.93 bits per heavy atom. The highest BCUT2D eigenvalue weighted by atomic mass is 15.2. The first-order valence-corrected chi connectivity index (χ1v) is 4.80. The summed E-state index contributed by atoms with van der Waals surface area (Å²) in [6.45, 7) is 0.467. The third kappa shape index (κ3) is 1.12. The monoisotopic (exact) mass is 198 g/mol. The van der Waals surface area contributed by atoms with Crippen LogP contribution in [0.3, 0.4) is 0 Å². The Bertz CT molecular complexity index is 627. The van der Waals surface area contributed by atoms with Crippen LogP contribution >= 0.6 is 0 Å². The summed E-state index contributed by atoms with van der Waals surface area (Å²) < 4.78 is 1.83. The fourth-order valence-corrected chi connectivity index (χ4v) is 1.75. The molecule has 1 aromatic carbocycles. The van der Waals surface area contributed by atoms with E-state index in [1.54, 1.807) is 6.20 Å². The summed E-state index contributed by atoms with van der Waals surface area (Å²) in [5, 5.41) is 5.37. The largest absolute Gasteiger partial charge is 0.326 e. The second-order valence-corrected chi connectivity index (χ2v) is 3.43. The van der Waals surface area contributed by atoms with Crippen molar-refractivity contribution in [1.29, 1.82) is 0 Å². The van der Waals surface area contributed by atoms with Crippen LogP contribution < -0.4 is 5.73 Å². The summed E-state index contributed by atoms with van der Waals surface area (Å²) in [4.78, 5) is 4.36. The average molecular weight is 198 g/mol. The summed E-state index contributed by atoms with van der Waals surface area (Å²) in [6, 6.07) is 8.03. The van der Waals surface area contributed by atoms with Crippen LogP contribution in [0.25, 0.3) is 16.6 Å². The number of benzene rings is 1. The van der Waals surface area contributed by atoms with Crippen LogP contribution in [0.15, 0.2) is 36.7 Å². The predicted octanol–water partition coefficient (Wildman–Crippen LogP) is 1.34. The zero-order chi connectivity index (χ0) is 10.3. The SMILES string of the molecule is NCc1cnn2c1ncc1ccccc12. The van der Waals surface area contributed by atoms with Crippen molar-refractivity contribution in [1.82, 2.24) is 14.6 Å². The summed E-state index contributed by atoms with van der Waals surface area (Å²) in [5.41, 5.74) is 8.49. The molecule has 0 fully saturated rings. The van der Waals surface area contributed by atoms with Gasteiger partial charge in [0.1, 0.15) is 0 Å². The number of aromatic nitrogens is 3. The van der Waals surface area contributed by atoms with Gasteiger partial charge in [-0.15, -0.1) is 0 Å². The van der Waals surface area contributed by atoms with E-state index in [0.717, 1.165) is 22.1 Å². The Balaban J connectivity index is 2.50. The highest BCUT2D eigenvalue weighted by Crippen LogP contribution is 2.15. The zero-order valence-electron chi connectivity index (χ0n) is 8.09. The minimum Gasteiger partial charge on any atom is -0.326 e. The molecule has 0 spiro atoms. The molecule has 0 unspecified atom stereocenters. The van der Waals surface area contributed by atoms with Crippen molar-refractivity contribution in [3.63, 3.8) is 0 Å². The molecule has 4 nitrogen and oxygen atoms in total. The van der Waals surface area contributed by atoms with Gasteiger partial charge in [-0.3, -0.25) is 0 Å². The molecule has 2 aromatic heterocycles. The highest BCUT2D eigenvalue weighted by Gasteiger charge is 2.05. The van der Waals surface area contributed by atoms with E-state index in [0.29, 0.717) is 6.54 Å². The van der Waals surface area contributed by atoms with E-state index in [1.165, 1.54) is 0 Å². The molecule has 0 aliphatic carbocycles. The van der Waals surface area contributed by atoms with Gasteiger partial charge in [0.2, 0.25) is 0 Å². The average Bonchev–Trinajstić information content (AvgIpc) is 2.72. The fraction of sp³-hybridized carbons (Fsp3) is 0.0909. The molecular formula is C11H10N4. The van der Waals surface area contributed by atoms with Crippen LogP contribution in [-0.4, -0.2) is 14.6 Å². The van der Waals surface area contributed by atoms with Crippen LogP contribution in [0.4, 0.5) is 0 Å². The van der Waals surface area contributed by atoms with E-state index in [4.69, 9.17) is 5.73 Å². The number of rotatable bonds is 1. The first-order valence-electron chi connectivity index (χ1n) is 4.80. The normalized spacial score (nSPS) is 11.3. The number of hydrogen-bond acceptors (Lipinski definition) is 3. The smallest absolute Gasteiger partial charge is 0.160 e. The van der Waals surface area contributed by atoms with Gasteiger partial charge >= 0.3 is 0 Å². The molecule has 0 aliphatic rings. The lowest BCUT2D eigenvalue weighted by Crippen LogP contribution is -1.97. The Labute approximate surface area is 86.3 Å². The van der Waals surface area contributed by atoms with E-state index in [2.05, 4.69) is 10.1 Å². The Morgan fingerprint density at radius 1 is 1.20 bits per heavy atom. The second-order valence-electron chi connectivity index (χ2n) is 3.43.